The molecule has 2 aliphatic heterocycles. The number of carbonyl (C=O) groups excluding carboxylic acids is 1. The van der Waals surface area contributed by atoms with E-state index in [1.165, 1.54) is 12.5 Å². The van der Waals surface area contributed by atoms with E-state index in [9.17, 15) is 9.18 Å². The smallest absolute Gasteiger partial charge is 0.254 e. The summed E-state index contributed by atoms with van der Waals surface area (Å²) in [6, 6.07) is 5.64. The second-order valence-electron chi connectivity index (χ2n) is 5.72. The summed E-state index contributed by atoms with van der Waals surface area (Å²) in [5.41, 5.74) is 0.436. The van der Waals surface area contributed by atoms with Gasteiger partial charge in [-0.05, 0) is 60.4 Å². The zero-order valence-electron chi connectivity index (χ0n) is 11.5. The van der Waals surface area contributed by atoms with Crippen LogP contribution in [0.5, 0.6) is 0 Å². The van der Waals surface area contributed by atoms with Crippen LogP contribution in [0.15, 0.2) is 22.7 Å². The predicted molar refractivity (Wildman–Crippen MR) is 79.2 cm³/mol. The number of halogens is 2. The number of carbonyl (C=O) groups is 1. The minimum Gasteiger partial charge on any atom is -0.337 e. The van der Waals surface area contributed by atoms with Gasteiger partial charge in [-0.15, -0.1) is 0 Å². The molecule has 0 aromatic heterocycles. The molecule has 2 bridgehead atoms. The lowest BCUT2D eigenvalue weighted by atomic mass is 10.1. The van der Waals surface area contributed by atoms with Crippen molar-refractivity contribution < 1.29 is 9.18 Å². The first kappa shape index (κ1) is 14.0. The standard InChI is InChI=1S/C15H18BrFN2O/c1-18-11-3-4-12(18)9-19(7-6-11)15(20)10-2-5-13(16)14(17)8-10/h2,5,8,11-12H,3-4,6-7,9H2,1H3. The van der Waals surface area contributed by atoms with Gasteiger partial charge in [-0.3, -0.25) is 9.69 Å². The molecule has 2 unspecified atom stereocenters. The molecule has 2 heterocycles. The average Bonchev–Trinajstić information content (AvgIpc) is 2.66. The summed E-state index contributed by atoms with van der Waals surface area (Å²) in [7, 11) is 2.15. The molecule has 2 fully saturated rings. The van der Waals surface area contributed by atoms with Gasteiger partial charge < -0.3 is 4.90 Å². The van der Waals surface area contributed by atoms with Crippen molar-refractivity contribution in [1.82, 2.24) is 9.80 Å². The Hall–Kier alpha value is -0.940. The third-order valence-corrected chi connectivity index (χ3v) is 5.25. The lowest BCUT2D eigenvalue weighted by Gasteiger charge is -2.26. The van der Waals surface area contributed by atoms with Crippen LogP contribution in [0.1, 0.15) is 29.6 Å². The van der Waals surface area contributed by atoms with Gasteiger partial charge in [0.1, 0.15) is 5.82 Å². The van der Waals surface area contributed by atoms with Crippen LogP contribution >= 0.6 is 15.9 Å². The lowest BCUT2D eigenvalue weighted by molar-refractivity contribution is 0.0739. The zero-order valence-corrected chi connectivity index (χ0v) is 13.1. The molecule has 0 aliphatic carbocycles. The number of benzene rings is 1. The maximum atomic E-state index is 13.6. The molecule has 108 valence electrons. The number of likely N-dealkylation sites (tertiary alicyclic amines) is 1. The predicted octanol–water partition coefficient (Wildman–Crippen LogP) is 2.90. The summed E-state index contributed by atoms with van der Waals surface area (Å²) in [6.45, 7) is 1.52. The lowest BCUT2D eigenvalue weighted by Crippen LogP contribution is -2.39. The Labute approximate surface area is 126 Å². The van der Waals surface area contributed by atoms with E-state index >= 15 is 0 Å². The SMILES string of the molecule is CN1C2CCC1CN(C(=O)c1ccc(Br)c(F)c1)CC2. The average molecular weight is 341 g/mol. The molecule has 20 heavy (non-hydrogen) atoms. The van der Waals surface area contributed by atoms with Crippen LogP contribution in [-0.2, 0) is 0 Å². The Kier molecular flexibility index (Phi) is 3.82. The maximum Gasteiger partial charge on any atom is 0.254 e. The van der Waals surface area contributed by atoms with Crippen LogP contribution in [0.25, 0.3) is 0 Å². The number of rotatable bonds is 1. The molecular formula is C15H18BrFN2O. The second-order valence-corrected chi connectivity index (χ2v) is 6.57. The van der Waals surface area contributed by atoms with Gasteiger partial charge >= 0.3 is 0 Å². The molecule has 2 aliphatic rings. The molecule has 1 aromatic carbocycles. The number of likely N-dealkylation sites (N-methyl/N-ethyl adjacent to an activating group) is 1. The molecular weight excluding hydrogens is 323 g/mol. The molecule has 3 nitrogen and oxygen atoms in total. The fourth-order valence-electron chi connectivity index (χ4n) is 3.30. The van der Waals surface area contributed by atoms with Crippen molar-refractivity contribution in [2.24, 2.45) is 0 Å². The molecule has 0 spiro atoms. The van der Waals surface area contributed by atoms with Gasteiger partial charge in [0.15, 0.2) is 0 Å². The fourth-order valence-corrected chi connectivity index (χ4v) is 3.55. The van der Waals surface area contributed by atoms with E-state index in [2.05, 4.69) is 27.9 Å². The first-order chi connectivity index (χ1) is 9.56. The first-order valence-corrected chi connectivity index (χ1v) is 7.82. The van der Waals surface area contributed by atoms with Crippen LogP contribution < -0.4 is 0 Å². The zero-order chi connectivity index (χ0) is 14.3. The molecule has 1 aromatic rings. The largest absolute Gasteiger partial charge is 0.337 e. The van der Waals surface area contributed by atoms with Gasteiger partial charge in [-0.25, -0.2) is 4.39 Å². The highest BCUT2D eigenvalue weighted by atomic mass is 79.9. The second kappa shape index (κ2) is 5.45. The molecule has 2 atom stereocenters. The quantitative estimate of drug-likeness (QED) is 0.784. The first-order valence-electron chi connectivity index (χ1n) is 7.02. The van der Waals surface area contributed by atoms with E-state index in [0.29, 0.717) is 22.1 Å². The molecule has 0 N–H and O–H groups in total. The molecule has 2 saturated heterocycles. The number of amides is 1. The Bertz CT molecular complexity index is 537. The summed E-state index contributed by atoms with van der Waals surface area (Å²) in [6.07, 6.45) is 3.40. The third-order valence-electron chi connectivity index (χ3n) is 4.60. The number of hydrogen-bond acceptors (Lipinski definition) is 2. The van der Waals surface area contributed by atoms with Crippen molar-refractivity contribution in [3.05, 3.63) is 34.1 Å². The fraction of sp³-hybridized carbons (Fsp3) is 0.533. The third kappa shape index (κ3) is 2.49. The normalized spacial score (nSPS) is 26.6. The number of fused-ring (bicyclic) bond motifs is 2. The summed E-state index contributed by atoms with van der Waals surface area (Å²) >= 11 is 3.11. The van der Waals surface area contributed by atoms with E-state index in [0.717, 1.165) is 25.9 Å². The van der Waals surface area contributed by atoms with Crippen LogP contribution in [-0.4, -0.2) is 47.9 Å². The van der Waals surface area contributed by atoms with Crippen molar-refractivity contribution in [3.63, 3.8) is 0 Å². The van der Waals surface area contributed by atoms with Gasteiger partial charge in [0.25, 0.3) is 5.91 Å². The summed E-state index contributed by atoms with van der Waals surface area (Å²) < 4.78 is 14.0. The van der Waals surface area contributed by atoms with Crippen LogP contribution in [0.4, 0.5) is 4.39 Å². The van der Waals surface area contributed by atoms with Gasteiger partial charge in [0.05, 0.1) is 4.47 Å². The van der Waals surface area contributed by atoms with Crippen LogP contribution in [0, 0.1) is 5.82 Å². The van der Waals surface area contributed by atoms with Crippen molar-refractivity contribution in [2.45, 2.75) is 31.3 Å². The highest BCUT2D eigenvalue weighted by molar-refractivity contribution is 9.10. The van der Waals surface area contributed by atoms with Crippen molar-refractivity contribution in [1.29, 1.82) is 0 Å². The summed E-state index contributed by atoms with van der Waals surface area (Å²) in [4.78, 5) is 16.8. The summed E-state index contributed by atoms with van der Waals surface area (Å²) in [5.74, 6) is -0.443. The van der Waals surface area contributed by atoms with Crippen molar-refractivity contribution in [2.75, 3.05) is 20.1 Å². The Morgan fingerprint density at radius 2 is 2.05 bits per heavy atom. The number of hydrogen-bond donors (Lipinski definition) is 0. The Balaban J connectivity index is 1.78. The van der Waals surface area contributed by atoms with Crippen molar-refractivity contribution in [3.8, 4) is 0 Å². The van der Waals surface area contributed by atoms with Crippen LogP contribution in [0.3, 0.4) is 0 Å². The minimum absolute atomic E-state index is 0.0580. The van der Waals surface area contributed by atoms with Gasteiger partial charge in [0, 0.05) is 30.7 Å². The summed E-state index contributed by atoms with van der Waals surface area (Å²) in [5, 5.41) is 0. The molecule has 0 radical (unpaired) electrons. The van der Waals surface area contributed by atoms with Gasteiger partial charge in [0.2, 0.25) is 0 Å². The van der Waals surface area contributed by atoms with E-state index in [1.807, 2.05) is 4.90 Å². The molecule has 1 amide bonds. The molecule has 0 saturated carbocycles. The van der Waals surface area contributed by atoms with Gasteiger partial charge in [-0.2, -0.15) is 0 Å². The Morgan fingerprint density at radius 3 is 2.80 bits per heavy atom. The Morgan fingerprint density at radius 1 is 1.30 bits per heavy atom. The minimum atomic E-state index is -0.385. The van der Waals surface area contributed by atoms with E-state index in [4.69, 9.17) is 0 Å². The van der Waals surface area contributed by atoms with E-state index in [-0.39, 0.29) is 11.7 Å². The topological polar surface area (TPSA) is 23.6 Å². The van der Waals surface area contributed by atoms with E-state index in [1.54, 1.807) is 12.1 Å². The van der Waals surface area contributed by atoms with Crippen molar-refractivity contribution >= 4 is 21.8 Å². The number of nitrogens with zero attached hydrogens (tertiary/aromatic N) is 2. The maximum absolute atomic E-state index is 13.6. The highest BCUT2D eigenvalue weighted by Crippen LogP contribution is 2.29. The van der Waals surface area contributed by atoms with E-state index < -0.39 is 0 Å². The molecule has 5 heteroatoms. The van der Waals surface area contributed by atoms with Crippen LogP contribution in [0.2, 0.25) is 0 Å². The van der Waals surface area contributed by atoms with Gasteiger partial charge in [-0.1, -0.05) is 0 Å². The monoisotopic (exact) mass is 340 g/mol. The molecule has 3 rings (SSSR count). The highest BCUT2D eigenvalue weighted by Gasteiger charge is 2.36.